The summed E-state index contributed by atoms with van der Waals surface area (Å²) >= 11 is 0. The van der Waals surface area contributed by atoms with Gasteiger partial charge in [-0.25, -0.2) is 0 Å². The van der Waals surface area contributed by atoms with Gasteiger partial charge in [0.05, 0.1) is 7.11 Å². The van der Waals surface area contributed by atoms with E-state index in [2.05, 4.69) is 28.9 Å². The molecule has 2 N–H and O–H groups in total. The molecule has 1 saturated heterocycles. The zero-order valence-electron chi connectivity index (χ0n) is 15.2. The average Bonchev–Trinajstić information content (AvgIpc) is 3.20. The molecule has 2 fully saturated rings. The second kappa shape index (κ2) is 5.01. The van der Waals surface area contributed by atoms with E-state index in [9.17, 15) is 14.7 Å². The summed E-state index contributed by atoms with van der Waals surface area (Å²) in [5.41, 5.74) is -1.15. The lowest BCUT2D eigenvalue weighted by atomic mass is 9.57. The van der Waals surface area contributed by atoms with E-state index in [0.717, 1.165) is 18.7 Å². The molecule has 0 bridgehead atoms. The van der Waals surface area contributed by atoms with Crippen molar-refractivity contribution in [3.8, 4) is 5.75 Å². The molecule has 0 aromatic heterocycles. The Morgan fingerprint density at radius 3 is 3.04 bits per heavy atom. The predicted molar refractivity (Wildman–Crippen MR) is 99.2 cm³/mol. The second-order valence-electron chi connectivity index (χ2n) is 8.10. The molecule has 6 heteroatoms. The fraction of sp³-hybridized carbons (Fsp3) is 0.429. The van der Waals surface area contributed by atoms with Crippen molar-refractivity contribution >= 4 is 17.6 Å². The minimum atomic E-state index is -1.36. The largest absolute Gasteiger partial charge is 0.508 e. The number of benzene rings is 1. The predicted octanol–water partition coefficient (Wildman–Crippen LogP) is 1.96. The SMILES string of the molecule is C=C[C@]12C=CCN3CC[C@@]4(c5cc(O)ccc5NC(=O)[C@@]4(C(=O)OC)C1)[C@@H]32. The molecule has 0 radical (unpaired) electrons. The molecule has 3 aliphatic heterocycles. The van der Waals surface area contributed by atoms with Crippen molar-refractivity contribution in [1.29, 1.82) is 0 Å². The summed E-state index contributed by atoms with van der Waals surface area (Å²) in [6, 6.07) is 4.89. The maximum Gasteiger partial charge on any atom is 0.322 e. The Bertz CT molecular complexity index is 925. The third-order valence-electron chi connectivity index (χ3n) is 7.27. The molecule has 3 heterocycles. The highest BCUT2D eigenvalue weighted by molar-refractivity contribution is 6.14. The van der Waals surface area contributed by atoms with E-state index in [-0.39, 0.29) is 17.7 Å². The number of methoxy groups -OCH3 is 1. The number of aromatic hydroxyl groups is 1. The van der Waals surface area contributed by atoms with Crippen LogP contribution in [0.4, 0.5) is 5.69 Å². The zero-order chi connectivity index (χ0) is 19.0. The smallest absolute Gasteiger partial charge is 0.322 e. The van der Waals surface area contributed by atoms with E-state index in [4.69, 9.17) is 4.74 Å². The van der Waals surface area contributed by atoms with Gasteiger partial charge in [0.15, 0.2) is 5.41 Å². The molecule has 27 heavy (non-hydrogen) atoms. The van der Waals surface area contributed by atoms with Crippen LogP contribution in [-0.2, 0) is 19.7 Å². The number of fused-ring (bicyclic) bond motifs is 1. The number of phenolic OH excluding ortho intramolecular Hbond substituents is 1. The molecule has 0 unspecified atom stereocenters. The summed E-state index contributed by atoms with van der Waals surface area (Å²) in [5, 5.41) is 13.1. The summed E-state index contributed by atoms with van der Waals surface area (Å²) in [4.78, 5) is 29.0. The molecule has 1 aromatic rings. The molecule has 6 nitrogen and oxygen atoms in total. The first kappa shape index (κ1) is 16.6. The highest BCUT2D eigenvalue weighted by atomic mass is 16.5. The number of esters is 1. The number of ether oxygens (including phenoxy) is 1. The van der Waals surface area contributed by atoms with Crippen molar-refractivity contribution in [2.24, 2.45) is 10.8 Å². The van der Waals surface area contributed by atoms with Gasteiger partial charge in [0.1, 0.15) is 5.75 Å². The van der Waals surface area contributed by atoms with Gasteiger partial charge in [0, 0.05) is 29.1 Å². The van der Waals surface area contributed by atoms with Crippen molar-refractivity contribution in [3.63, 3.8) is 0 Å². The van der Waals surface area contributed by atoms with Gasteiger partial charge in [0.25, 0.3) is 0 Å². The number of hydrogen-bond donors (Lipinski definition) is 2. The van der Waals surface area contributed by atoms with Crippen LogP contribution < -0.4 is 5.32 Å². The lowest BCUT2D eigenvalue weighted by Gasteiger charge is -2.48. The van der Waals surface area contributed by atoms with Gasteiger partial charge in [-0.05, 0) is 43.1 Å². The number of hydrogen-bond acceptors (Lipinski definition) is 5. The lowest BCUT2D eigenvalue weighted by molar-refractivity contribution is -0.162. The highest BCUT2D eigenvalue weighted by Crippen LogP contribution is 2.71. The zero-order valence-corrected chi connectivity index (χ0v) is 15.2. The Kier molecular flexibility index (Phi) is 3.07. The van der Waals surface area contributed by atoms with Gasteiger partial charge in [0.2, 0.25) is 5.91 Å². The third-order valence-corrected chi connectivity index (χ3v) is 7.27. The Labute approximate surface area is 157 Å². The van der Waals surface area contributed by atoms with Crippen molar-refractivity contribution in [2.45, 2.75) is 24.3 Å². The van der Waals surface area contributed by atoms with Crippen LogP contribution in [0, 0.1) is 10.8 Å². The van der Waals surface area contributed by atoms with Crippen LogP contribution in [0.25, 0.3) is 0 Å². The summed E-state index contributed by atoms with van der Waals surface area (Å²) < 4.78 is 5.21. The third kappa shape index (κ3) is 1.62. The van der Waals surface area contributed by atoms with E-state index in [1.54, 1.807) is 18.2 Å². The first-order chi connectivity index (χ1) is 12.9. The topological polar surface area (TPSA) is 78.9 Å². The standard InChI is InChI=1S/C21H22N2O4/c1-3-19-7-4-9-23-10-8-20(16(19)23)14-11-13(24)5-6-15(14)22-17(25)21(20,12-19)18(26)27-2/h3-7,11,16,24H,1,8-10,12H2,2H3,(H,22,25)/t16-,19-,20+,21+/m0/s1. The maximum atomic E-state index is 13.5. The van der Waals surface area contributed by atoms with Crippen LogP contribution >= 0.6 is 0 Å². The van der Waals surface area contributed by atoms with Crippen LogP contribution in [0.1, 0.15) is 18.4 Å². The van der Waals surface area contributed by atoms with Gasteiger partial charge >= 0.3 is 5.97 Å². The quantitative estimate of drug-likeness (QED) is 0.362. The monoisotopic (exact) mass is 366 g/mol. The average molecular weight is 366 g/mol. The Morgan fingerprint density at radius 1 is 1.48 bits per heavy atom. The fourth-order valence-corrected chi connectivity index (χ4v) is 6.42. The van der Waals surface area contributed by atoms with Crippen LogP contribution in [0.2, 0.25) is 0 Å². The van der Waals surface area contributed by atoms with Crippen molar-refractivity contribution < 1.29 is 19.4 Å². The number of nitrogens with one attached hydrogen (secondary N) is 1. The number of nitrogens with zero attached hydrogens (tertiary/aromatic N) is 1. The summed E-state index contributed by atoms with van der Waals surface area (Å²) in [5.74, 6) is -0.711. The molecule has 5 rings (SSSR count). The van der Waals surface area contributed by atoms with Crippen molar-refractivity contribution in [3.05, 3.63) is 48.6 Å². The first-order valence-electron chi connectivity index (χ1n) is 9.24. The van der Waals surface area contributed by atoms with E-state index < -0.39 is 22.2 Å². The molecule has 1 aromatic carbocycles. The normalized spacial score (nSPS) is 38.6. The van der Waals surface area contributed by atoms with Gasteiger partial charge in [-0.1, -0.05) is 18.2 Å². The first-order valence-corrected chi connectivity index (χ1v) is 9.24. The fourth-order valence-electron chi connectivity index (χ4n) is 6.42. The summed E-state index contributed by atoms with van der Waals surface area (Å²) in [6.45, 7) is 5.62. The molecule has 1 saturated carbocycles. The van der Waals surface area contributed by atoms with Crippen molar-refractivity contribution in [2.75, 3.05) is 25.5 Å². The molecular weight excluding hydrogens is 344 g/mol. The van der Waals surface area contributed by atoms with Gasteiger partial charge in [-0.2, -0.15) is 0 Å². The Morgan fingerprint density at radius 2 is 2.30 bits per heavy atom. The number of carbonyl (C=O) groups excluding carboxylic acids is 2. The van der Waals surface area contributed by atoms with Crippen LogP contribution in [0.3, 0.4) is 0 Å². The summed E-state index contributed by atoms with van der Waals surface area (Å²) in [6.07, 6.45) is 7.04. The summed E-state index contributed by atoms with van der Waals surface area (Å²) in [7, 11) is 1.33. The maximum absolute atomic E-state index is 13.5. The van der Waals surface area contributed by atoms with Gasteiger partial charge in [-0.15, -0.1) is 6.58 Å². The number of anilines is 1. The molecule has 4 atom stereocenters. The lowest BCUT2D eigenvalue weighted by Crippen LogP contribution is -2.61. The van der Waals surface area contributed by atoms with Gasteiger partial charge in [-0.3, -0.25) is 14.5 Å². The van der Waals surface area contributed by atoms with Crippen LogP contribution in [-0.4, -0.2) is 48.1 Å². The van der Waals surface area contributed by atoms with E-state index in [1.807, 2.05) is 6.08 Å². The molecule has 1 aliphatic carbocycles. The van der Waals surface area contributed by atoms with Crippen LogP contribution in [0.5, 0.6) is 5.75 Å². The number of rotatable bonds is 2. The molecular formula is C21H22N2O4. The Hall–Kier alpha value is -2.60. The molecule has 140 valence electrons. The minimum absolute atomic E-state index is 0.0850. The molecule has 1 spiro atoms. The second-order valence-corrected chi connectivity index (χ2v) is 8.10. The van der Waals surface area contributed by atoms with E-state index >= 15 is 0 Å². The van der Waals surface area contributed by atoms with Crippen LogP contribution in [0.15, 0.2) is 43.0 Å². The minimum Gasteiger partial charge on any atom is -0.508 e. The van der Waals surface area contributed by atoms with E-state index in [0.29, 0.717) is 18.5 Å². The molecule has 1 amide bonds. The molecule has 4 aliphatic rings. The van der Waals surface area contributed by atoms with E-state index in [1.165, 1.54) is 7.11 Å². The van der Waals surface area contributed by atoms with Gasteiger partial charge < -0.3 is 15.2 Å². The number of carbonyl (C=O) groups is 2. The highest BCUT2D eigenvalue weighted by Gasteiger charge is 2.80. The van der Waals surface area contributed by atoms with Crippen molar-refractivity contribution in [1.82, 2.24) is 4.90 Å². The Balaban J connectivity index is 1.90. The number of amides is 1. The number of phenols is 1.